The van der Waals surface area contributed by atoms with Gasteiger partial charge in [-0.1, -0.05) is 85.0 Å². The SMILES string of the molecule is CCCCCCCCCCCCOc1ccc(C(=O)Oc2ccc(C(=O)Nc3ccc(OCC(C)CC)cc3)cc2)cc1. The molecule has 6 nitrogen and oxygen atoms in total. The van der Waals surface area contributed by atoms with E-state index in [1.807, 2.05) is 24.3 Å². The van der Waals surface area contributed by atoms with E-state index in [0.717, 1.165) is 24.3 Å². The van der Waals surface area contributed by atoms with Crippen LogP contribution in [0.1, 0.15) is 112 Å². The third kappa shape index (κ3) is 12.9. The number of rotatable bonds is 20. The zero-order chi connectivity index (χ0) is 30.7. The van der Waals surface area contributed by atoms with Gasteiger partial charge in [0.15, 0.2) is 0 Å². The van der Waals surface area contributed by atoms with Crippen LogP contribution in [0, 0.1) is 5.92 Å². The molecule has 1 atom stereocenters. The fourth-order valence-corrected chi connectivity index (χ4v) is 4.50. The van der Waals surface area contributed by atoms with Crippen molar-refractivity contribution in [1.29, 1.82) is 0 Å². The Hall–Kier alpha value is -3.80. The van der Waals surface area contributed by atoms with Crippen LogP contribution in [0.15, 0.2) is 72.8 Å². The number of carbonyl (C=O) groups is 2. The number of amides is 1. The summed E-state index contributed by atoms with van der Waals surface area (Å²) in [4.78, 5) is 25.3. The fraction of sp³-hybridized carbons (Fsp3) is 0.459. The summed E-state index contributed by atoms with van der Waals surface area (Å²) in [5.41, 5.74) is 1.57. The number of unbranched alkanes of at least 4 members (excludes halogenated alkanes) is 9. The van der Waals surface area contributed by atoms with Crippen molar-refractivity contribution in [1.82, 2.24) is 0 Å². The fourth-order valence-electron chi connectivity index (χ4n) is 4.50. The minimum atomic E-state index is -0.464. The number of benzene rings is 3. The highest BCUT2D eigenvalue weighted by Gasteiger charge is 2.11. The summed E-state index contributed by atoms with van der Waals surface area (Å²) < 4.78 is 17.1. The average Bonchev–Trinajstić information content (AvgIpc) is 3.03. The highest BCUT2D eigenvalue weighted by atomic mass is 16.5. The molecule has 1 N–H and O–H groups in total. The molecule has 0 heterocycles. The first kappa shape index (κ1) is 33.7. The Balaban J connectivity index is 1.35. The second-order valence-electron chi connectivity index (χ2n) is 11.3. The van der Waals surface area contributed by atoms with E-state index in [1.165, 1.54) is 57.8 Å². The average molecular weight is 588 g/mol. The summed E-state index contributed by atoms with van der Waals surface area (Å²) in [5.74, 6) is 1.66. The van der Waals surface area contributed by atoms with Crippen molar-refractivity contribution >= 4 is 17.6 Å². The molecule has 1 amide bonds. The van der Waals surface area contributed by atoms with Gasteiger partial charge >= 0.3 is 5.97 Å². The smallest absolute Gasteiger partial charge is 0.343 e. The van der Waals surface area contributed by atoms with E-state index in [1.54, 1.807) is 48.5 Å². The zero-order valence-electron chi connectivity index (χ0n) is 26.2. The van der Waals surface area contributed by atoms with Crippen LogP contribution < -0.4 is 19.5 Å². The monoisotopic (exact) mass is 587 g/mol. The molecule has 0 spiro atoms. The summed E-state index contributed by atoms with van der Waals surface area (Å²) in [6.45, 7) is 7.88. The van der Waals surface area contributed by atoms with Gasteiger partial charge in [0.1, 0.15) is 17.2 Å². The number of ether oxygens (including phenoxy) is 3. The van der Waals surface area contributed by atoms with Crippen LogP contribution in [0.2, 0.25) is 0 Å². The minimum absolute atomic E-state index is 0.250. The van der Waals surface area contributed by atoms with Crippen LogP contribution in [-0.4, -0.2) is 25.1 Å². The number of anilines is 1. The third-order valence-corrected chi connectivity index (χ3v) is 7.53. The van der Waals surface area contributed by atoms with Crippen molar-refractivity contribution in [3.8, 4) is 17.2 Å². The van der Waals surface area contributed by atoms with Gasteiger partial charge in [-0.05, 0) is 85.1 Å². The van der Waals surface area contributed by atoms with Gasteiger partial charge in [0.2, 0.25) is 0 Å². The molecular formula is C37H49NO5. The van der Waals surface area contributed by atoms with Crippen molar-refractivity contribution in [2.24, 2.45) is 5.92 Å². The molecule has 0 saturated heterocycles. The lowest BCUT2D eigenvalue weighted by Gasteiger charge is -2.12. The quantitative estimate of drug-likeness (QED) is 0.0809. The third-order valence-electron chi connectivity index (χ3n) is 7.53. The van der Waals surface area contributed by atoms with Gasteiger partial charge in [0.05, 0.1) is 18.8 Å². The second-order valence-corrected chi connectivity index (χ2v) is 11.3. The molecule has 3 rings (SSSR count). The lowest BCUT2D eigenvalue weighted by Crippen LogP contribution is -2.12. The predicted octanol–water partition coefficient (Wildman–Crippen LogP) is 9.88. The van der Waals surface area contributed by atoms with Crippen molar-refractivity contribution < 1.29 is 23.8 Å². The van der Waals surface area contributed by atoms with E-state index >= 15 is 0 Å². The maximum absolute atomic E-state index is 12.7. The molecule has 6 heteroatoms. The number of hydrogen-bond donors (Lipinski definition) is 1. The van der Waals surface area contributed by atoms with E-state index in [4.69, 9.17) is 14.2 Å². The Morgan fingerprint density at radius 1 is 0.628 bits per heavy atom. The van der Waals surface area contributed by atoms with Gasteiger partial charge in [-0.3, -0.25) is 4.79 Å². The van der Waals surface area contributed by atoms with Crippen LogP contribution in [0.3, 0.4) is 0 Å². The second kappa shape index (κ2) is 19.4. The maximum Gasteiger partial charge on any atom is 0.343 e. The molecule has 0 aliphatic rings. The summed E-state index contributed by atoms with van der Waals surface area (Å²) in [5, 5.41) is 2.88. The highest BCUT2D eigenvalue weighted by molar-refractivity contribution is 6.04. The van der Waals surface area contributed by atoms with Crippen LogP contribution >= 0.6 is 0 Å². The zero-order valence-corrected chi connectivity index (χ0v) is 26.2. The van der Waals surface area contributed by atoms with Gasteiger partial charge in [-0.2, -0.15) is 0 Å². The molecule has 0 aromatic heterocycles. The number of carbonyl (C=O) groups excluding carboxylic acids is 2. The Labute approximate surface area is 258 Å². The summed E-state index contributed by atoms with van der Waals surface area (Å²) in [6.07, 6.45) is 14.0. The van der Waals surface area contributed by atoms with E-state index in [9.17, 15) is 9.59 Å². The molecule has 0 aliphatic carbocycles. The van der Waals surface area contributed by atoms with Gasteiger partial charge in [-0.25, -0.2) is 4.79 Å². The van der Waals surface area contributed by atoms with Gasteiger partial charge in [-0.15, -0.1) is 0 Å². The first-order valence-corrected chi connectivity index (χ1v) is 16.1. The molecule has 0 saturated carbocycles. The van der Waals surface area contributed by atoms with Crippen LogP contribution in [0.4, 0.5) is 5.69 Å². The Morgan fingerprint density at radius 2 is 1.14 bits per heavy atom. The van der Waals surface area contributed by atoms with E-state index < -0.39 is 5.97 Å². The lowest BCUT2D eigenvalue weighted by molar-refractivity contribution is 0.0734. The molecule has 232 valence electrons. The number of esters is 1. The van der Waals surface area contributed by atoms with E-state index in [2.05, 4.69) is 26.1 Å². The largest absolute Gasteiger partial charge is 0.494 e. The van der Waals surface area contributed by atoms with Crippen LogP contribution in [0.25, 0.3) is 0 Å². The molecule has 0 bridgehead atoms. The lowest BCUT2D eigenvalue weighted by atomic mass is 10.1. The number of hydrogen-bond acceptors (Lipinski definition) is 5. The molecular weight excluding hydrogens is 538 g/mol. The van der Waals surface area contributed by atoms with Crippen molar-refractivity contribution in [2.45, 2.75) is 91.4 Å². The predicted molar refractivity (Wildman–Crippen MR) is 175 cm³/mol. The molecule has 43 heavy (non-hydrogen) atoms. The van der Waals surface area contributed by atoms with Crippen molar-refractivity contribution in [2.75, 3.05) is 18.5 Å². The van der Waals surface area contributed by atoms with Crippen LogP contribution in [-0.2, 0) is 0 Å². The molecule has 1 unspecified atom stereocenters. The molecule has 0 radical (unpaired) electrons. The highest BCUT2D eigenvalue weighted by Crippen LogP contribution is 2.20. The summed E-state index contributed by atoms with van der Waals surface area (Å²) in [7, 11) is 0. The normalized spacial score (nSPS) is 11.5. The van der Waals surface area contributed by atoms with Gasteiger partial charge in [0.25, 0.3) is 5.91 Å². The molecule has 0 aliphatic heterocycles. The first-order chi connectivity index (χ1) is 21.0. The Morgan fingerprint density at radius 3 is 1.74 bits per heavy atom. The Kier molecular flexibility index (Phi) is 15.2. The van der Waals surface area contributed by atoms with Crippen molar-refractivity contribution in [3.63, 3.8) is 0 Å². The standard InChI is InChI=1S/C37H49NO5/c1-4-6-7-8-9-10-11-12-13-14-27-41-33-21-17-31(18-22-33)37(40)43-35-23-15-30(16-24-35)36(39)38-32-19-25-34(26-20-32)42-28-29(3)5-2/h15-26,29H,4-14,27-28H2,1-3H3,(H,38,39). The summed E-state index contributed by atoms with van der Waals surface area (Å²) in [6, 6.07) is 20.8. The van der Waals surface area contributed by atoms with E-state index in [0.29, 0.717) is 41.7 Å². The minimum Gasteiger partial charge on any atom is -0.494 e. The molecule has 3 aromatic carbocycles. The molecule has 3 aromatic rings. The number of nitrogens with one attached hydrogen (secondary N) is 1. The van der Waals surface area contributed by atoms with Gasteiger partial charge in [0, 0.05) is 11.3 Å². The van der Waals surface area contributed by atoms with Gasteiger partial charge < -0.3 is 19.5 Å². The Bertz CT molecular complexity index is 1210. The molecule has 0 fully saturated rings. The maximum atomic E-state index is 12.7. The topological polar surface area (TPSA) is 73.9 Å². The first-order valence-electron chi connectivity index (χ1n) is 16.1. The van der Waals surface area contributed by atoms with Crippen molar-refractivity contribution in [3.05, 3.63) is 83.9 Å². The van der Waals surface area contributed by atoms with Crippen LogP contribution in [0.5, 0.6) is 17.2 Å². The summed E-state index contributed by atoms with van der Waals surface area (Å²) >= 11 is 0. The van der Waals surface area contributed by atoms with E-state index in [-0.39, 0.29) is 5.91 Å².